The van der Waals surface area contributed by atoms with Crippen molar-refractivity contribution in [3.8, 4) is 0 Å². The molecule has 17 heavy (non-hydrogen) atoms. The first kappa shape index (κ1) is 12.3. The quantitative estimate of drug-likeness (QED) is 0.682. The fourth-order valence-electron chi connectivity index (χ4n) is 2.49. The second kappa shape index (κ2) is 4.62. The van der Waals surface area contributed by atoms with E-state index in [0.29, 0.717) is 6.42 Å². The number of aliphatic hydroxyl groups is 1. The predicted octanol–water partition coefficient (Wildman–Crippen LogP) is -0.371. The summed E-state index contributed by atoms with van der Waals surface area (Å²) in [5.41, 5.74) is 0. The molecule has 96 valence electrons. The molecule has 2 saturated heterocycles. The number of carbonyl (C=O) groups excluding carboxylic acids is 2. The number of hydrogen-bond acceptors (Lipinski definition) is 6. The van der Waals surface area contributed by atoms with E-state index in [4.69, 9.17) is 14.2 Å². The van der Waals surface area contributed by atoms with Gasteiger partial charge in [0.1, 0.15) is 12.2 Å². The standard InChI is InChI=1S/C11H16O6/c1-5(12)15-4-7-3-8-9(14)11(10(7)17-8)16-6(2)13/h7-11,14H,3-4H2,1-2H3/t7-,8-,9+,10+,11-/m1/s1. The second-order valence-electron chi connectivity index (χ2n) is 4.50. The Hall–Kier alpha value is -1.14. The van der Waals surface area contributed by atoms with Crippen LogP contribution in [0.5, 0.6) is 0 Å². The first-order chi connectivity index (χ1) is 7.99. The van der Waals surface area contributed by atoms with Crippen LogP contribution in [0, 0.1) is 5.92 Å². The summed E-state index contributed by atoms with van der Waals surface area (Å²) in [6.07, 6.45) is -1.51. The van der Waals surface area contributed by atoms with Crippen LogP contribution in [-0.4, -0.2) is 48.1 Å². The minimum atomic E-state index is -0.780. The van der Waals surface area contributed by atoms with Crippen LogP contribution in [0.1, 0.15) is 20.3 Å². The lowest BCUT2D eigenvalue weighted by Crippen LogP contribution is -2.45. The molecule has 0 radical (unpaired) electrons. The Morgan fingerprint density at radius 1 is 1.35 bits per heavy atom. The summed E-state index contributed by atoms with van der Waals surface area (Å²) in [5.74, 6) is -0.814. The zero-order valence-electron chi connectivity index (χ0n) is 9.79. The van der Waals surface area contributed by atoms with Gasteiger partial charge in [-0.25, -0.2) is 0 Å². The number of fused-ring (bicyclic) bond motifs is 2. The van der Waals surface area contributed by atoms with Crippen LogP contribution in [0.15, 0.2) is 0 Å². The molecule has 0 unspecified atom stereocenters. The minimum Gasteiger partial charge on any atom is -0.465 e. The lowest BCUT2D eigenvalue weighted by molar-refractivity contribution is -0.157. The number of hydrogen-bond donors (Lipinski definition) is 1. The maximum absolute atomic E-state index is 10.9. The van der Waals surface area contributed by atoms with Crippen LogP contribution in [-0.2, 0) is 23.8 Å². The van der Waals surface area contributed by atoms with Gasteiger partial charge in [0.25, 0.3) is 0 Å². The third-order valence-corrected chi connectivity index (χ3v) is 3.18. The molecule has 1 N–H and O–H groups in total. The summed E-state index contributed by atoms with van der Waals surface area (Å²) < 4.78 is 15.5. The highest BCUT2D eigenvalue weighted by Crippen LogP contribution is 2.40. The summed E-state index contributed by atoms with van der Waals surface area (Å²) >= 11 is 0. The maximum Gasteiger partial charge on any atom is 0.303 e. The fourth-order valence-corrected chi connectivity index (χ4v) is 2.49. The van der Waals surface area contributed by atoms with Crippen molar-refractivity contribution in [1.82, 2.24) is 0 Å². The summed E-state index contributed by atoms with van der Waals surface area (Å²) in [6.45, 7) is 2.87. The van der Waals surface area contributed by atoms with Crippen LogP contribution in [0.3, 0.4) is 0 Å². The number of aliphatic hydroxyl groups excluding tert-OH is 1. The van der Waals surface area contributed by atoms with E-state index >= 15 is 0 Å². The van der Waals surface area contributed by atoms with E-state index in [0.717, 1.165) is 0 Å². The molecule has 6 heteroatoms. The smallest absolute Gasteiger partial charge is 0.303 e. The second-order valence-corrected chi connectivity index (χ2v) is 4.50. The Morgan fingerprint density at radius 3 is 2.59 bits per heavy atom. The molecule has 2 bridgehead atoms. The Morgan fingerprint density at radius 2 is 2.06 bits per heavy atom. The van der Waals surface area contributed by atoms with Gasteiger partial charge in [-0.1, -0.05) is 0 Å². The van der Waals surface area contributed by atoms with Crippen LogP contribution in [0.2, 0.25) is 0 Å². The van der Waals surface area contributed by atoms with Crippen LogP contribution < -0.4 is 0 Å². The molecule has 0 saturated carbocycles. The topological polar surface area (TPSA) is 82.1 Å². The monoisotopic (exact) mass is 244 g/mol. The van der Waals surface area contributed by atoms with Gasteiger partial charge in [-0.3, -0.25) is 9.59 Å². The van der Waals surface area contributed by atoms with E-state index in [9.17, 15) is 14.7 Å². The van der Waals surface area contributed by atoms with Gasteiger partial charge in [-0.15, -0.1) is 0 Å². The van der Waals surface area contributed by atoms with Gasteiger partial charge in [0.05, 0.1) is 12.7 Å². The number of esters is 2. The van der Waals surface area contributed by atoms with Crippen molar-refractivity contribution in [3.63, 3.8) is 0 Å². The zero-order chi connectivity index (χ0) is 12.6. The molecule has 2 fully saturated rings. The van der Waals surface area contributed by atoms with Crippen molar-refractivity contribution in [2.75, 3.05) is 6.61 Å². The molecule has 0 aromatic carbocycles. The summed E-state index contributed by atoms with van der Waals surface area (Å²) in [6, 6.07) is 0. The highest BCUT2D eigenvalue weighted by Gasteiger charge is 2.55. The summed E-state index contributed by atoms with van der Waals surface area (Å²) in [7, 11) is 0. The van der Waals surface area contributed by atoms with Crippen LogP contribution in [0.25, 0.3) is 0 Å². The number of carbonyl (C=O) groups is 2. The lowest BCUT2D eigenvalue weighted by atomic mass is 9.85. The molecule has 2 rings (SSSR count). The molecule has 0 aliphatic carbocycles. The minimum absolute atomic E-state index is 0.0170. The first-order valence-electron chi connectivity index (χ1n) is 5.63. The van der Waals surface area contributed by atoms with Gasteiger partial charge >= 0.3 is 11.9 Å². The first-order valence-corrected chi connectivity index (χ1v) is 5.63. The van der Waals surface area contributed by atoms with Crippen molar-refractivity contribution in [3.05, 3.63) is 0 Å². The van der Waals surface area contributed by atoms with Gasteiger partial charge in [0, 0.05) is 19.8 Å². The van der Waals surface area contributed by atoms with Gasteiger partial charge in [-0.2, -0.15) is 0 Å². The molecule has 2 aliphatic heterocycles. The van der Waals surface area contributed by atoms with Crippen molar-refractivity contribution in [2.45, 2.75) is 44.7 Å². The third-order valence-electron chi connectivity index (χ3n) is 3.18. The zero-order valence-corrected chi connectivity index (χ0v) is 9.79. The average Bonchev–Trinajstić information content (AvgIpc) is 2.75. The molecule has 2 heterocycles. The van der Waals surface area contributed by atoms with Crippen LogP contribution >= 0.6 is 0 Å². The molecular formula is C11H16O6. The maximum atomic E-state index is 10.9. The Labute approximate surface area is 98.8 Å². The Kier molecular flexibility index (Phi) is 3.35. The number of ether oxygens (including phenoxy) is 3. The Bertz CT molecular complexity index is 326. The average molecular weight is 244 g/mol. The molecule has 0 aromatic rings. The van der Waals surface area contributed by atoms with E-state index in [1.165, 1.54) is 13.8 Å². The molecule has 0 aromatic heterocycles. The van der Waals surface area contributed by atoms with Gasteiger partial charge in [-0.05, 0) is 6.42 Å². The van der Waals surface area contributed by atoms with Crippen molar-refractivity contribution >= 4 is 11.9 Å². The molecule has 5 atom stereocenters. The molecule has 0 amide bonds. The number of rotatable bonds is 3. The Balaban J connectivity index is 1.96. The van der Waals surface area contributed by atoms with Gasteiger partial charge in [0.15, 0.2) is 6.10 Å². The van der Waals surface area contributed by atoms with E-state index in [2.05, 4.69) is 0 Å². The normalized spacial score (nSPS) is 39.1. The molecule has 2 aliphatic rings. The molecule has 6 nitrogen and oxygen atoms in total. The van der Waals surface area contributed by atoms with Gasteiger partial charge in [0.2, 0.25) is 0 Å². The van der Waals surface area contributed by atoms with E-state index in [-0.39, 0.29) is 30.7 Å². The SMILES string of the molecule is CC(=O)OC[C@H]1C[C@H]2O[C@@H]1[C@H](OC(C)=O)[C@H]2O. The fraction of sp³-hybridized carbons (Fsp3) is 0.818. The highest BCUT2D eigenvalue weighted by molar-refractivity contribution is 5.66. The summed E-state index contributed by atoms with van der Waals surface area (Å²) in [5, 5.41) is 9.81. The third kappa shape index (κ3) is 2.42. The van der Waals surface area contributed by atoms with Crippen molar-refractivity contribution in [1.29, 1.82) is 0 Å². The lowest BCUT2D eigenvalue weighted by Gasteiger charge is -2.28. The van der Waals surface area contributed by atoms with Crippen molar-refractivity contribution in [2.24, 2.45) is 5.92 Å². The highest BCUT2D eigenvalue weighted by atomic mass is 16.6. The van der Waals surface area contributed by atoms with Gasteiger partial charge < -0.3 is 19.3 Å². The van der Waals surface area contributed by atoms with E-state index in [1.807, 2.05) is 0 Å². The van der Waals surface area contributed by atoms with E-state index < -0.39 is 18.2 Å². The van der Waals surface area contributed by atoms with Crippen molar-refractivity contribution < 1.29 is 28.9 Å². The largest absolute Gasteiger partial charge is 0.465 e. The van der Waals surface area contributed by atoms with Crippen LogP contribution in [0.4, 0.5) is 0 Å². The molecular weight excluding hydrogens is 228 g/mol. The van der Waals surface area contributed by atoms with E-state index in [1.54, 1.807) is 0 Å². The molecule has 0 spiro atoms. The summed E-state index contributed by atoms with van der Waals surface area (Å²) in [4.78, 5) is 21.7. The predicted molar refractivity (Wildman–Crippen MR) is 55.0 cm³/mol.